The van der Waals surface area contributed by atoms with Gasteiger partial charge in [-0.15, -0.1) is 0 Å². The van der Waals surface area contributed by atoms with E-state index in [2.05, 4.69) is 4.98 Å². The predicted molar refractivity (Wildman–Crippen MR) is 64.1 cm³/mol. The largest absolute Gasteiger partial charge is 0.455 e. The van der Waals surface area contributed by atoms with E-state index in [0.717, 1.165) is 12.1 Å². The first kappa shape index (κ1) is 12.4. The highest BCUT2D eigenvalue weighted by Crippen LogP contribution is 2.32. The van der Waals surface area contributed by atoms with Crippen LogP contribution < -0.4 is 4.74 Å². The van der Waals surface area contributed by atoms with Gasteiger partial charge in [-0.2, -0.15) is 0 Å². The van der Waals surface area contributed by atoms with E-state index in [1.54, 1.807) is 18.3 Å². The van der Waals surface area contributed by atoms with Crippen LogP contribution in [0.4, 0.5) is 11.4 Å². The van der Waals surface area contributed by atoms with Gasteiger partial charge < -0.3 is 4.74 Å². The second-order valence-corrected chi connectivity index (χ2v) is 3.46. The van der Waals surface area contributed by atoms with Gasteiger partial charge in [-0.1, -0.05) is 0 Å². The molecule has 0 atom stereocenters. The van der Waals surface area contributed by atoms with Gasteiger partial charge in [-0.3, -0.25) is 25.2 Å². The standard InChI is InChI=1S/C11H7N3O5/c15-13(16)10-4-3-8(6-11(10)14(17)18)19-9-2-1-5-12-7-9/h1-7H. The third-order valence-corrected chi connectivity index (χ3v) is 2.21. The van der Waals surface area contributed by atoms with Gasteiger partial charge in [-0.25, -0.2) is 0 Å². The minimum absolute atomic E-state index is 0.130. The summed E-state index contributed by atoms with van der Waals surface area (Å²) in [4.78, 5) is 23.6. The summed E-state index contributed by atoms with van der Waals surface area (Å²) in [6.07, 6.45) is 2.97. The zero-order valence-corrected chi connectivity index (χ0v) is 9.42. The molecule has 2 aromatic rings. The summed E-state index contributed by atoms with van der Waals surface area (Å²) < 4.78 is 5.31. The molecule has 2 rings (SSSR count). The Morgan fingerprint density at radius 1 is 1.00 bits per heavy atom. The van der Waals surface area contributed by atoms with E-state index in [9.17, 15) is 20.2 Å². The van der Waals surface area contributed by atoms with Gasteiger partial charge in [0.05, 0.1) is 22.1 Å². The van der Waals surface area contributed by atoms with Gasteiger partial charge in [0.15, 0.2) is 0 Å². The number of nitro groups is 2. The number of nitrogens with zero attached hydrogens (tertiary/aromatic N) is 3. The summed E-state index contributed by atoms with van der Waals surface area (Å²) >= 11 is 0. The maximum Gasteiger partial charge on any atom is 0.349 e. The molecule has 0 bridgehead atoms. The average Bonchev–Trinajstić information content (AvgIpc) is 2.39. The second-order valence-electron chi connectivity index (χ2n) is 3.46. The van der Waals surface area contributed by atoms with Crippen LogP contribution in [0.2, 0.25) is 0 Å². The predicted octanol–water partition coefficient (Wildman–Crippen LogP) is 2.69. The zero-order valence-electron chi connectivity index (χ0n) is 9.42. The lowest BCUT2D eigenvalue weighted by molar-refractivity contribution is -0.422. The highest BCUT2D eigenvalue weighted by atomic mass is 16.6. The lowest BCUT2D eigenvalue weighted by Crippen LogP contribution is -1.97. The van der Waals surface area contributed by atoms with Crippen molar-refractivity contribution in [2.75, 3.05) is 0 Å². The van der Waals surface area contributed by atoms with E-state index in [1.165, 1.54) is 12.3 Å². The van der Waals surface area contributed by atoms with Crippen LogP contribution in [0.5, 0.6) is 11.5 Å². The molecule has 1 aromatic heterocycles. The second kappa shape index (κ2) is 5.08. The summed E-state index contributed by atoms with van der Waals surface area (Å²) in [5.41, 5.74) is -1.20. The van der Waals surface area contributed by atoms with Crippen LogP contribution in [0.25, 0.3) is 0 Å². The minimum atomic E-state index is -0.825. The summed E-state index contributed by atoms with van der Waals surface area (Å²) in [7, 11) is 0. The Bertz CT molecular complexity index is 629. The van der Waals surface area contributed by atoms with E-state index in [0.29, 0.717) is 5.75 Å². The van der Waals surface area contributed by atoms with Crippen LogP contribution in [0.15, 0.2) is 42.7 Å². The van der Waals surface area contributed by atoms with Gasteiger partial charge in [0, 0.05) is 12.3 Å². The van der Waals surface area contributed by atoms with E-state index in [1.807, 2.05) is 0 Å². The molecule has 8 nitrogen and oxygen atoms in total. The Morgan fingerprint density at radius 3 is 2.32 bits per heavy atom. The average molecular weight is 261 g/mol. The Kier molecular flexibility index (Phi) is 3.33. The Hall–Kier alpha value is -3.03. The molecular formula is C11H7N3O5. The van der Waals surface area contributed by atoms with Crippen LogP contribution in [0.1, 0.15) is 0 Å². The number of hydrogen-bond donors (Lipinski definition) is 0. The molecule has 0 saturated carbocycles. The molecule has 0 saturated heterocycles. The van der Waals surface area contributed by atoms with E-state index < -0.39 is 21.2 Å². The molecule has 0 aliphatic heterocycles. The molecule has 0 spiro atoms. The number of aromatic nitrogens is 1. The summed E-state index contributed by atoms with van der Waals surface area (Å²) in [5.74, 6) is 0.510. The molecule has 0 radical (unpaired) electrons. The molecule has 1 aromatic carbocycles. The van der Waals surface area contributed by atoms with Gasteiger partial charge >= 0.3 is 11.4 Å². The number of ether oxygens (including phenoxy) is 1. The van der Waals surface area contributed by atoms with E-state index in [-0.39, 0.29) is 5.75 Å². The molecule has 0 N–H and O–H groups in total. The van der Waals surface area contributed by atoms with Gasteiger partial charge in [-0.05, 0) is 18.2 Å². The lowest BCUT2D eigenvalue weighted by Gasteiger charge is -2.04. The first-order valence-electron chi connectivity index (χ1n) is 5.08. The maximum absolute atomic E-state index is 10.8. The van der Waals surface area contributed by atoms with Crippen molar-refractivity contribution in [3.8, 4) is 11.5 Å². The Balaban J connectivity index is 2.36. The first-order chi connectivity index (χ1) is 9.08. The smallest absolute Gasteiger partial charge is 0.349 e. The number of rotatable bonds is 4. The number of benzene rings is 1. The van der Waals surface area contributed by atoms with E-state index >= 15 is 0 Å². The van der Waals surface area contributed by atoms with Gasteiger partial charge in [0.2, 0.25) is 0 Å². The van der Waals surface area contributed by atoms with Crippen molar-refractivity contribution in [2.24, 2.45) is 0 Å². The van der Waals surface area contributed by atoms with Crippen molar-refractivity contribution in [1.29, 1.82) is 0 Å². The van der Waals surface area contributed by atoms with Crippen LogP contribution in [-0.2, 0) is 0 Å². The van der Waals surface area contributed by atoms with Crippen LogP contribution >= 0.6 is 0 Å². The van der Waals surface area contributed by atoms with Crippen molar-refractivity contribution in [3.05, 3.63) is 63.0 Å². The van der Waals surface area contributed by atoms with Gasteiger partial charge in [0.25, 0.3) is 0 Å². The Morgan fingerprint density at radius 2 is 1.74 bits per heavy atom. The molecule has 0 fully saturated rings. The van der Waals surface area contributed by atoms with Crippen LogP contribution in [-0.4, -0.2) is 14.8 Å². The minimum Gasteiger partial charge on any atom is -0.455 e. The molecule has 1 heterocycles. The molecule has 0 aliphatic rings. The number of nitro benzene ring substituents is 2. The molecule has 0 amide bonds. The number of hydrogen-bond acceptors (Lipinski definition) is 6. The van der Waals surface area contributed by atoms with Crippen LogP contribution in [0.3, 0.4) is 0 Å². The third kappa shape index (κ3) is 2.80. The number of pyridine rings is 1. The van der Waals surface area contributed by atoms with Crippen molar-refractivity contribution in [3.63, 3.8) is 0 Å². The monoisotopic (exact) mass is 261 g/mol. The molecule has 19 heavy (non-hydrogen) atoms. The fourth-order valence-corrected chi connectivity index (χ4v) is 1.41. The lowest BCUT2D eigenvalue weighted by atomic mass is 10.2. The SMILES string of the molecule is O=[N+]([O-])c1ccc(Oc2cccnc2)cc1[N+](=O)[O-]. The maximum atomic E-state index is 10.8. The third-order valence-electron chi connectivity index (χ3n) is 2.21. The first-order valence-corrected chi connectivity index (χ1v) is 5.08. The molecule has 0 aliphatic carbocycles. The fraction of sp³-hybridized carbons (Fsp3) is 0. The Labute approximate surface area is 106 Å². The highest BCUT2D eigenvalue weighted by molar-refractivity contribution is 5.56. The summed E-state index contributed by atoms with van der Waals surface area (Å²) in [6, 6.07) is 6.57. The molecule has 8 heteroatoms. The summed E-state index contributed by atoms with van der Waals surface area (Å²) in [5, 5.41) is 21.4. The van der Waals surface area contributed by atoms with Crippen molar-refractivity contribution < 1.29 is 14.6 Å². The molecule has 96 valence electrons. The van der Waals surface area contributed by atoms with Crippen molar-refractivity contribution in [2.45, 2.75) is 0 Å². The fourth-order valence-electron chi connectivity index (χ4n) is 1.41. The topological polar surface area (TPSA) is 108 Å². The quantitative estimate of drug-likeness (QED) is 0.618. The van der Waals surface area contributed by atoms with E-state index in [4.69, 9.17) is 4.74 Å². The summed E-state index contributed by atoms with van der Waals surface area (Å²) in [6.45, 7) is 0. The van der Waals surface area contributed by atoms with Gasteiger partial charge in [0.1, 0.15) is 11.5 Å². The molecule has 0 unspecified atom stereocenters. The van der Waals surface area contributed by atoms with Crippen molar-refractivity contribution in [1.82, 2.24) is 4.98 Å². The van der Waals surface area contributed by atoms with Crippen LogP contribution in [0, 0.1) is 20.2 Å². The zero-order chi connectivity index (χ0) is 13.8. The normalized spacial score (nSPS) is 9.89. The van der Waals surface area contributed by atoms with Crippen molar-refractivity contribution >= 4 is 11.4 Å². The molecular weight excluding hydrogens is 254 g/mol. The highest BCUT2D eigenvalue weighted by Gasteiger charge is 2.24.